The minimum absolute atomic E-state index is 0.0453. The maximum Gasteiger partial charge on any atom is 0.335 e. The topological polar surface area (TPSA) is 83.5 Å². The number of sulfonamides is 1. The van der Waals surface area contributed by atoms with Crippen LogP contribution in [0.4, 0.5) is 8.78 Å². The summed E-state index contributed by atoms with van der Waals surface area (Å²) >= 11 is 0. The van der Waals surface area contributed by atoms with E-state index in [9.17, 15) is 22.0 Å². The molecule has 8 heteroatoms. The Morgan fingerprint density at radius 2 is 2.13 bits per heavy atom. The lowest BCUT2D eigenvalue weighted by Gasteiger charge is -2.19. The predicted molar refractivity (Wildman–Crippen MR) is 81.2 cm³/mol. The van der Waals surface area contributed by atoms with Crippen molar-refractivity contribution in [1.29, 1.82) is 0 Å². The molecule has 2 N–H and O–H groups in total. The van der Waals surface area contributed by atoms with Crippen molar-refractivity contribution in [2.24, 2.45) is 5.92 Å². The number of carbonyl (C=O) groups is 1. The van der Waals surface area contributed by atoms with Gasteiger partial charge in [-0.2, -0.15) is 0 Å². The van der Waals surface area contributed by atoms with Crippen molar-refractivity contribution in [1.82, 2.24) is 4.72 Å². The molecule has 0 aromatic heterocycles. The van der Waals surface area contributed by atoms with Gasteiger partial charge in [-0.1, -0.05) is 12.1 Å². The van der Waals surface area contributed by atoms with Gasteiger partial charge in [0.1, 0.15) is 0 Å². The van der Waals surface area contributed by atoms with Gasteiger partial charge in [0.2, 0.25) is 10.0 Å². The van der Waals surface area contributed by atoms with Crippen molar-refractivity contribution in [2.45, 2.75) is 31.6 Å². The van der Waals surface area contributed by atoms with Crippen LogP contribution in [0.25, 0.3) is 0 Å². The Kier molecular flexibility index (Phi) is 5.36. The third kappa shape index (κ3) is 4.97. The van der Waals surface area contributed by atoms with E-state index in [0.29, 0.717) is 18.4 Å². The fourth-order valence-electron chi connectivity index (χ4n) is 2.74. The van der Waals surface area contributed by atoms with Gasteiger partial charge in [0.25, 0.3) is 5.92 Å². The molecule has 0 aliphatic heterocycles. The summed E-state index contributed by atoms with van der Waals surface area (Å²) in [4.78, 5) is 10.9. The monoisotopic (exact) mass is 347 g/mol. The van der Waals surface area contributed by atoms with E-state index < -0.39 is 33.6 Å². The maximum absolute atomic E-state index is 13.5. The third-order valence-electron chi connectivity index (χ3n) is 3.99. The Hall–Kier alpha value is -1.54. The first kappa shape index (κ1) is 17.8. The Morgan fingerprint density at radius 1 is 1.39 bits per heavy atom. The van der Waals surface area contributed by atoms with Crippen LogP contribution < -0.4 is 4.72 Å². The molecule has 0 spiro atoms. The van der Waals surface area contributed by atoms with Crippen LogP contribution in [0.1, 0.15) is 35.2 Å². The first-order chi connectivity index (χ1) is 10.7. The fraction of sp³-hybridized carbons (Fsp3) is 0.533. The second kappa shape index (κ2) is 6.92. The highest BCUT2D eigenvalue weighted by atomic mass is 32.2. The maximum atomic E-state index is 13.5. The molecule has 0 radical (unpaired) electrons. The molecule has 0 bridgehead atoms. The molecule has 1 aromatic rings. The molecule has 0 amide bonds. The zero-order chi connectivity index (χ0) is 17.1. The number of halogens is 2. The van der Waals surface area contributed by atoms with E-state index in [1.54, 1.807) is 12.1 Å². The van der Waals surface area contributed by atoms with Crippen LogP contribution in [0.5, 0.6) is 0 Å². The van der Waals surface area contributed by atoms with E-state index in [-0.39, 0.29) is 24.9 Å². The van der Waals surface area contributed by atoms with E-state index in [1.807, 2.05) is 0 Å². The van der Waals surface area contributed by atoms with Gasteiger partial charge in [0, 0.05) is 18.9 Å². The molecule has 23 heavy (non-hydrogen) atoms. The molecule has 1 aliphatic carbocycles. The highest BCUT2D eigenvalue weighted by Gasteiger charge is 2.45. The van der Waals surface area contributed by atoms with Gasteiger partial charge < -0.3 is 5.11 Å². The number of benzene rings is 1. The van der Waals surface area contributed by atoms with Crippen LogP contribution in [-0.2, 0) is 16.4 Å². The second-order valence-electron chi connectivity index (χ2n) is 5.78. The summed E-state index contributed by atoms with van der Waals surface area (Å²) in [6, 6.07) is 6.16. The number of rotatable bonds is 7. The van der Waals surface area contributed by atoms with Crippen molar-refractivity contribution in [3.05, 3.63) is 35.4 Å². The molecule has 1 aliphatic rings. The Balaban J connectivity index is 1.88. The van der Waals surface area contributed by atoms with Gasteiger partial charge in [0.05, 0.1) is 11.3 Å². The van der Waals surface area contributed by atoms with Crippen LogP contribution in [0.2, 0.25) is 0 Å². The van der Waals surface area contributed by atoms with Crippen molar-refractivity contribution in [2.75, 3.05) is 12.3 Å². The molecule has 1 atom stereocenters. The number of hydrogen-bond acceptors (Lipinski definition) is 3. The van der Waals surface area contributed by atoms with Crippen LogP contribution in [0, 0.1) is 5.92 Å². The molecule has 128 valence electrons. The number of alkyl halides is 2. The van der Waals surface area contributed by atoms with Crippen LogP contribution in [0.3, 0.4) is 0 Å². The quantitative estimate of drug-likeness (QED) is 0.793. The summed E-state index contributed by atoms with van der Waals surface area (Å²) in [7, 11) is -3.78. The van der Waals surface area contributed by atoms with Gasteiger partial charge in [-0.05, 0) is 37.0 Å². The number of carboxylic acids is 1. The van der Waals surface area contributed by atoms with Gasteiger partial charge in [-0.3, -0.25) is 0 Å². The molecule has 2 rings (SSSR count). The summed E-state index contributed by atoms with van der Waals surface area (Å²) in [6.45, 7) is 0.0453. The zero-order valence-corrected chi connectivity index (χ0v) is 13.3. The van der Waals surface area contributed by atoms with Crippen LogP contribution in [0.15, 0.2) is 24.3 Å². The highest BCUT2D eigenvalue weighted by Crippen LogP contribution is 2.40. The normalized spacial score (nSPS) is 20.5. The predicted octanol–water partition coefficient (Wildman–Crippen LogP) is 2.28. The second-order valence-corrected chi connectivity index (χ2v) is 7.63. The first-order valence-electron chi connectivity index (χ1n) is 7.37. The minimum Gasteiger partial charge on any atom is -0.478 e. The standard InChI is InChI=1S/C15H19F2NO4S/c16-15(17)7-2-5-13(15)10-23(21,22)18-8-6-11-3-1-4-12(9-11)14(19)20/h1,3-4,9,13,18H,2,5-8,10H2,(H,19,20). The first-order valence-corrected chi connectivity index (χ1v) is 9.02. The van der Waals surface area contributed by atoms with Crippen molar-refractivity contribution in [3.8, 4) is 0 Å². The molecule has 5 nitrogen and oxygen atoms in total. The lowest BCUT2D eigenvalue weighted by atomic mass is 10.1. The lowest BCUT2D eigenvalue weighted by molar-refractivity contribution is -0.0288. The summed E-state index contributed by atoms with van der Waals surface area (Å²) in [5, 5.41) is 8.89. The molecule has 0 saturated heterocycles. The van der Waals surface area contributed by atoms with Gasteiger partial charge in [0.15, 0.2) is 0 Å². The Labute approximate surface area is 133 Å². The average Bonchev–Trinajstić information content (AvgIpc) is 2.77. The van der Waals surface area contributed by atoms with E-state index >= 15 is 0 Å². The van der Waals surface area contributed by atoms with E-state index in [2.05, 4.69) is 4.72 Å². The highest BCUT2D eigenvalue weighted by molar-refractivity contribution is 7.89. The number of hydrogen-bond donors (Lipinski definition) is 2. The molecular formula is C15H19F2NO4S. The lowest BCUT2D eigenvalue weighted by Crippen LogP contribution is -2.36. The molecule has 1 aromatic carbocycles. The summed E-state index contributed by atoms with van der Waals surface area (Å²) in [5.41, 5.74) is 0.787. The van der Waals surface area contributed by atoms with Gasteiger partial charge >= 0.3 is 5.97 Å². The Morgan fingerprint density at radius 3 is 2.74 bits per heavy atom. The molecule has 1 unspecified atom stereocenters. The van der Waals surface area contributed by atoms with Gasteiger partial charge in [-0.25, -0.2) is 26.7 Å². The third-order valence-corrected chi connectivity index (χ3v) is 5.48. The van der Waals surface area contributed by atoms with Crippen molar-refractivity contribution in [3.63, 3.8) is 0 Å². The number of aromatic carboxylic acids is 1. The molecule has 1 fully saturated rings. The van der Waals surface area contributed by atoms with E-state index in [1.165, 1.54) is 12.1 Å². The molecule has 0 heterocycles. The van der Waals surface area contributed by atoms with Crippen molar-refractivity contribution >= 4 is 16.0 Å². The van der Waals surface area contributed by atoms with Gasteiger partial charge in [-0.15, -0.1) is 0 Å². The molecule has 1 saturated carbocycles. The average molecular weight is 347 g/mol. The van der Waals surface area contributed by atoms with E-state index in [4.69, 9.17) is 5.11 Å². The SMILES string of the molecule is O=C(O)c1cccc(CCNS(=O)(=O)CC2CCCC2(F)F)c1. The number of carboxylic acid groups (broad SMARTS) is 1. The molecular weight excluding hydrogens is 328 g/mol. The van der Waals surface area contributed by atoms with E-state index in [0.717, 1.165) is 0 Å². The largest absolute Gasteiger partial charge is 0.478 e. The van der Waals surface area contributed by atoms with Crippen molar-refractivity contribution < 1.29 is 27.1 Å². The summed E-state index contributed by atoms with van der Waals surface area (Å²) in [5.74, 6) is -5.68. The summed E-state index contributed by atoms with van der Waals surface area (Å²) < 4.78 is 53.1. The fourth-order valence-corrected chi connectivity index (χ4v) is 4.21. The Bertz CT molecular complexity index is 676. The minimum atomic E-state index is -3.78. The van der Waals surface area contributed by atoms with Crippen LogP contribution >= 0.6 is 0 Å². The summed E-state index contributed by atoms with van der Waals surface area (Å²) in [6.07, 6.45) is 0.598. The number of nitrogens with one attached hydrogen (secondary N) is 1. The van der Waals surface area contributed by atoms with Crippen LogP contribution in [-0.4, -0.2) is 37.7 Å². The zero-order valence-electron chi connectivity index (χ0n) is 12.5. The smallest absolute Gasteiger partial charge is 0.335 e.